The van der Waals surface area contributed by atoms with Gasteiger partial charge < -0.3 is 14.7 Å². The molecule has 1 aromatic rings. The molecule has 3 heterocycles. The van der Waals surface area contributed by atoms with Crippen molar-refractivity contribution in [2.75, 3.05) is 18.4 Å². The minimum Gasteiger partial charge on any atom is -0.360 e. The molecular formula is C18H23N5O3. The van der Waals surface area contributed by atoms with E-state index in [-0.39, 0.29) is 17.7 Å². The van der Waals surface area contributed by atoms with Crippen LogP contribution in [0.2, 0.25) is 0 Å². The van der Waals surface area contributed by atoms with Crippen molar-refractivity contribution in [2.45, 2.75) is 51.1 Å². The molecule has 0 saturated carbocycles. The molecule has 0 aromatic carbocycles. The van der Waals surface area contributed by atoms with Gasteiger partial charge in [-0.15, -0.1) is 12.3 Å². The van der Waals surface area contributed by atoms with Crippen molar-refractivity contribution in [3.63, 3.8) is 0 Å². The third kappa shape index (κ3) is 4.48. The highest BCUT2D eigenvalue weighted by Crippen LogP contribution is 2.37. The second-order valence-corrected chi connectivity index (χ2v) is 6.85. The number of hydrogen-bond acceptors (Lipinski definition) is 6. The molecule has 8 nitrogen and oxygen atoms in total. The molecule has 1 aromatic heterocycles. The maximum Gasteiger partial charge on any atom is 0.228 e. The van der Waals surface area contributed by atoms with Crippen molar-refractivity contribution in [3.8, 4) is 12.3 Å². The summed E-state index contributed by atoms with van der Waals surface area (Å²) in [5.41, 5.74) is -0.421. The number of hydrogen-bond donors (Lipinski definition) is 1. The fraction of sp³-hybridized carbons (Fsp3) is 0.611. The minimum atomic E-state index is -0.421. The van der Waals surface area contributed by atoms with Crippen molar-refractivity contribution in [1.29, 1.82) is 0 Å². The Morgan fingerprint density at radius 2 is 2.12 bits per heavy atom. The van der Waals surface area contributed by atoms with Gasteiger partial charge in [-0.05, 0) is 19.8 Å². The van der Waals surface area contributed by atoms with Crippen LogP contribution in [0.15, 0.2) is 20.8 Å². The van der Waals surface area contributed by atoms with Gasteiger partial charge in [0, 0.05) is 50.8 Å². The molecule has 3 rings (SSSR count). The molecule has 0 atom stereocenters. The molecule has 1 N–H and O–H groups in total. The zero-order chi connectivity index (χ0) is 18.6. The second kappa shape index (κ2) is 7.68. The Labute approximate surface area is 152 Å². The van der Waals surface area contributed by atoms with Gasteiger partial charge in [0.2, 0.25) is 11.8 Å². The Kier molecular flexibility index (Phi) is 5.35. The Balaban J connectivity index is 1.39. The molecule has 0 aliphatic carbocycles. The summed E-state index contributed by atoms with van der Waals surface area (Å²) in [6.45, 7) is 2.94. The highest BCUT2D eigenvalue weighted by atomic mass is 16.5. The third-order valence-electron chi connectivity index (χ3n) is 4.89. The molecule has 2 aliphatic rings. The van der Waals surface area contributed by atoms with E-state index in [0.29, 0.717) is 63.2 Å². The smallest absolute Gasteiger partial charge is 0.228 e. The van der Waals surface area contributed by atoms with Crippen molar-refractivity contribution in [3.05, 3.63) is 11.8 Å². The summed E-state index contributed by atoms with van der Waals surface area (Å²) >= 11 is 0. The van der Waals surface area contributed by atoms with Crippen LogP contribution in [-0.4, -0.2) is 40.6 Å². The highest BCUT2D eigenvalue weighted by molar-refractivity contribution is 5.91. The number of terminal acetylenes is 1. The van der Waals surface area contributed by atoms with E-state index in [0.717, 1.165) is 0 Å². The zero-order valence-electron chi connectivity index (χ0n) is 14.9. The number of nitrogens with one attached hydrogen (secondary N) is 1. The maximum atomic E-state index is 12.4. The predicted octanol–water partition coefficient (Wildman–Crippen LogP) is 2.52. The topological polar surface area (TPSA) is 100 Å². The first-order valence-corrected chi connectivity index (χ1v) is 8.91. The minimum absolute atomic E-state index is 0.0748. The van der Waals surface area contributed by atoms with E-state index in [4.69, 9.17) is 10.9 Å². The number of rotatable bonds is 7. The average Bonchev–Trinajstić information content (AvgIpc) is 3.31. The first-order chi connectivity index (χ1) is 12.5. The lowest BCUT2D eigenvalue weighted by atomic mass is 9.95. The Bertz CT molecular complexity index is 734. The predicted molar refractivity (Wildman–Crippen MR) is 94.1 cm³/mol. The monoisotopic (exact) mass is 357 g/mol. The molecule has 0 spiro atoms. The molecule has 0 bridgehead atoms. The van der Waals surface area contributed by atoms with Gasteiger partial charge in [-0.3, -0.25) is 9.59 Å². The molecule has 26 heavy (non-hydrogen) atoms. The number of aromatic nitrogens is 1. The van der Waals surface area contributed by atoms with Crippen LogP contribution < -0.4 is 5.32 Å². The summed E-state index contributed by atoms with van der Waals surface area (Å²) in [4.78, 5) is 26.5. The van der Waals surface area contributed by atoms with E-state index in [1.165, 1.54) is 0 Å². The summed E-state index contributed by atoms with van der Waals surface area (Å²) in [6.07, 6.45) is 8.91. The van der Waals surface area contributed by atoms with E-state index in [9.17, 15) is 9.59 Å². The maximum absolute atomic E-state index is 12.4. The molecule has 2 amide bonds. The first kappa shape index (κ1) is 18.1. The average molecular weight is 357 g/mol. The number of likely N-dealkylation sites (tertiary alicyclic amines) is 1. The number of carbonyl (C=O) groups excluding carboxylic acids is 2. The Hall–Kier alpha value is -2.69. The molecule has 2 aliphatic heterocycles. The normalized spacial score (nSPS) is 18.4. The van der Waals surface area contributed by atoms with Crippen LogP contribution in [0.3, 0.4) is 0 Å². The van der Waals surface area contributed by atoms with E-state index in [1.54, 1.807) is 13.0 Å². The lowest BCUT2D eigenvalue weighted by Gasteiger charge is -2.31. The quantitative estimate of drug-likeness (QED) is 0.758. The van der Waals surface area contributed by atoms with Gasteiger partial charge in [-0.2, -0.15) is 10.2 Å². The van der Waals surface area contributed by atoms with Crippen LogP contribution in [-0.2, 0) is 9.59 Å². The molecule has 138 valence electrons. The third-order valence-corrected chi connectivity index (χ3v) is 4.89. The van der Waals surface area contributed by atoms with Crippen LogP contribution >= 0.6 is 0 Å². The SMILES string of the molecule is C#CCCC1(CCC(=O)N2CCC(C(=O)Nc3cc(C)on3)CC2)N=N1. The fourth-order valence-electron chi connectivity index (χ4n) is 3.18. The summed E-state index contributed by atoms with van der Waals surface area (Å²) in [5, 5.41) is 14.6. The van der Waals surface area contributed by atoms with Gasteiger partial charge in [0.25, 0.3) is 0 Å². The van der Waals surface area contributed by atoms with Crippen molar-refractivity contribution >= 4 is 17.6 Å². The number of nitrogens with zero attached hydrogens (tertiary/aromatic N) is 4. The van der Waals surface area contributed by atoms with Crippen LogP contribution in [0, 0.1) is 25.2 Å². The van der Waals surface area contributed by atoms with Gasteiger partial charge >= 0.3 is 0 Å². The zero-order valence-corrected chi connectivity index (χ0v) is 14.9. The van der Waals surface area contributed by atoms with Crippen molar-refractivity contribution < 1.29 is 14.1 Å². The van der Waals surface area contributed by atoms with Crippen LogP contribution in [0.4, 0.5) is 5.82 Å². The molecule has 1 saturated heterocycles. The number of piperidine rings is 1. The van der Waals surface area contributed by atoms with E-state index in [2.05, 4.69) is 26.6 Å². The van der Waals surface area contributed by atoms with E-state index in [1.807, 2.05) is 4.90 Å². The first-order valence-electron chi connectivity index (χ1n) is 8.91. The molecule has 1 fully saturated rings. The summed E-state index contributed by atoms with van der Waals surface area (Å²) in [5.74, 6) is 3.56. The largest absolute Gasteiger partial charge is 0.360 e. The van der Waals surface area contributed by atoms with Gasteiger partial charge in [-0.25, -0.2) is 0 Å². The van der Waals surface area contributed by atoms with Crippen molar-refractivity contribution in [2.24, 2.45) is 16.1 Å². The van der Waals surface area contributed by atoms with Crippen LogP contribution in [0.1, 0.15) is 44.3 Å². The highest BCUT2D eigenvalue weighted by Gasteiger charge is 2.40. The number of aryl methyl sites for hydroxylation is 1. The fourth-order valence-corrected chi connectivity index (χ4v) is 3.18. The van der Waals surface area contributed by atoms with Gasteiger partial charge in [0.05, 0.1) is 0 Å². The number of anilines is 1. The Morgan fingerprint density at radius 3 is 2.69 bits per heavy atom. The summed E-state index contributed by atoms with van der Waals surface area (Å²) < 4.78 is 4.94. The van der Waals surface area contributed by atoms with Crippen LogP contribution in [0.5, 0.6) is 0 Å². The number of carbonyl (C=O) groups is 2. The molecular weight excluding hydrogens is 334 g/mol. The summed E-state index contributed by atoms with van der Waals surface area (Å²) in [6, 6.07) is 1.68. The molecule has 0 unspecified atom stereocenters. The standard InChI is InChI=1S/C18H23N5O3/c1-3-4-8-18(21-22-18)9-5-16(24)23-10-6-14(7-11-23)17(25)19-15-12-13(2)26-20-15/h1,12,14H,4-11H2,2H3,(H,19,20,25). The van der Waals surface area contributed by atoms with Crippen LogP contribution in [0.25, 0.3) is 0 Å². The Morgan fingerprint density at radius 1 is 1.38 bits per heavy atom. The molecule has 8 heteroatoms. The van der Waals surface area contributed by atoms with E-state index < -0.39 is 5.66 Å². The molecule has 0 radical (unpaired) electrons. The van der Waals surface area contributed by atoms with Gasteiger partial charge in [0.1, 0.15) is 5.76 Å². The number of amides is 2. The van der Waals surface area contributed by atoms with Gasteiger partial charge in [0.15, 0.2) is 11.5 Å². The summed E-state index contributed by atoms with van der Waals surface area (Å²) in [7, 11) is 0. The lowest BCUT2D eigenvalue weighted by Crippen LogP contribution is -2.41. The lowest BCUT2D eigenvalue weighted by molar-refractivity contribution is -0.134. The second-order valence-electron chi connectivity index (χ2n) is 6.85. The van der Waals surface area contributed by atoms with Crippen molar-refractivity contribution in [1.82, 2.24) is 10.1 Å². The van der Waals surface area contributed by atoms with E-state index >= 15 is 0 Å². The van der Waals surface area contributed by atoms with Gasteiger partial charge in [-0.1, -0.05) is 5.16 Å².